The molecular weight excluding hydrogens is 385 g/mol. The molecule has 0 amide bonds. The average molecular weight is 404 g/mol. The second kappa shape index (κ2) is 6.84. The Morgan fingerprint density at radius 1 is 1.21 bits per heavy atom. The van der Waals surface area contributed by atoms with Crippen LogP contribution in [0.3, 0.4) is 0 Å². The van der Waals surface area contributed by atoms with E-state index in [0.717, 1.165) is 6.07 Å². The van der Waals surface area contributed by atoms with Crippen molar-refractivity contribution in [2.45, 2.75) is 31.5 Å². The smallest absolute Gasteiger partial charge is 0.416 e. The molecule has 9 heteroatoms. The van der Waals surface area contributed by atoms with Crippen LogP contribution in [-0.2, 0) is 6.18 Å². The van der Waals surface area contributed by atoms with Crippen molar-refractivity contribution in [3.63, 3.8) is 0 Å². The molecule has 0 aliphatic carbocycles. The molecule has 4 rings (SSSR count). The number of anilines is 1. The summed E-state index contributed by atoms with van der Waals surface area (Å²) < 4.78 is 38.7. The van der Waals surface area contributed by atoms with Crippen LogP contribution in [0.2, 0.25) is 0 Å². The summed E-state index contributed by atoms with van der Waals surface area (Å²) in [5, 5.41) is 29.7. The third-order valence-electron chi connectivity index (χ3n) is 5.39. The van der Waals surface area contributed by atoms with Crippen LogP contribution in [0.15, 0.2) is 36.5 Å². The molecule has 0 unspecified atom stereocenters. The van der Waals surface area contributed by atoms with Gasteiger partial charge in [-0.1, -0.05) is 6.92 Å². The number of pyridine rings is 1. The molecule has 0 saturated carbocycles. The maximum absolute atomic E-state index is 12.9. The fourth-order valence-electron chi connectivity index (χ4n) is 3.62. The van der Waals surface area contributed by atoms with E-state index in [-0.39, 0.29) is 11.3 Å². The molecule has 6 nitrogen and oxygen atoms in total. The lowest BCUT2D eigenvalue weighted by atomic mass is 10.0. The second-order valence-corrected chi connectivity index (χ2v) is 7.25. The monoisotopic (exact) mass is 404 g/mol. The Morgan fingerprint density at radius 2 is 2.00 bits per heavy atom. The van der Waals surface area contributed by atoms with E-state index in [9.17, 15) is 23.4 Å². The number of β-amino-alcohol motifs (C(OH)–C–C–N with tert-alkyl or cyclic N) is 1. The highest BCUT2D eigenvalue weighted by Gasteiger charge is 2.36. The van der Waals surface area contributed by atoms with Gasteiger partial charge in [-0.2, -0.15) is 13.2 Å². The van der Waals surface area contributed by atoms with Gasteiger partial charge in [-0.3, -0.25) is 4.98 Å². The van der Waals surface area contributed by atoms with Crippen molar-refractivity contribution in [2.75, 3.05) is 18.0 Å². The van der Waals surface area contributed by atoms with Crippen molar-refractivity contribution in [1.29, 1.82) is 0 Å². The van der Waals surface area contributed by atoms with Crippen LogP contribution in [0.4, 0.5) is 19.0 Å². The number of hydrogen-bond acceptors (Lipinski definition) is 6. The van der Waals surface area contributed by atoms with E-state index in [1.54, 1.807) is 18.3 Å². The minimum atomic E-state index is -4.55. The molecule has 152 valence electrons. The first kappa shape index (κ1) is 19.4. The number of alkyl halides is 3. The van der Waals surface area contributed by atoms with Gasteiger partial charge in [0.1, 0.15) is 17.0 Å². The summed E-state index contributed by atoms with van der Waals surface area (Å²) in [6.07, 6.45) is -1.76. The number of phenolic OH excluding ortho intramolecular Hbond substituents is 1. The quantitative estimate of drug-likeness (QED) is 0.692. The lowest BCUT2D eigenvalue weighted by Gasteiger charge is -2.22. The number of fused-ring (bicyclic) bond motifs is 1. The normalized spacial score (nSPS) is 19.8. The number of rotatable bonds is 3. The van der Waals surface area contributed by atoms with Crippen molar-refractivity contribution in [3.8, 4) is 17.0 Å². The summed E-state index contributed by atoms with van der Waals surface area (Å²) in [4.78, 5) is 6.29. The molecule has 1 aromatic carbocycles. The molecule has 1 atom stereocenters. The third-order valence-corrected chi connectivity index (χ3v) is 5.39. The lowest BCUT2D eigenvalue weighted by molar-refractivity contribution is -0.137. The summed E-state index contributed by atoms with van der Waals surface area (Å²) in [5.41, 5.74) is -0.846. The molecule has 2 aromatic heterocycles. The molecule has 0 radical (unpaired) electrons. The van der Waals surface area contributed by atoms with E-state index in [1.807, 2.05) is 11.8 Å². The molecule has 1 aliphatic heterocycles. The van der Waals surface area contributed by atoms with E-state index in [0.29, 0.717) is 48.7 Å². The number of hydrogen-bond donors (Lipinski definition) is 2. The highest BCUT2D eigenvalue weighted by molar-refractivity contribution is 5.98. The van der Waals surface area contributed by atoms with E-state index >= 15 is 0 Å². The van der Waals surface area contributed by atoms with Gasteiger partial charge >= 0.3 is 6.18 Å². The van der Waals surface area contributed by atoms with E-state index in [1.165, 1.54) is 6.07 Å². The molecule has 3 heterocycles. The molecule has 1 aliphatic rings. The van der Waals surface area contributed by atoms with Crippen molar-refractivity contribution in [2.24, 2.45) is 0 Å². The van der Waals surface area contributed by atoms with Gasteiger partial charge in [-0.15, -0.1) is 10.2 Å². The second-order valence-electron chi connectivity index (χ2n) is 7.25. The van der Waals surface area contributed by atoms with Gasteiger partial charge in [0.05, 0.1) is 11.2 Å². The predicted octanol–water partition coefficient (Wildman–Crippen LogP) is 3.77. The number of aliphatic hydroxyl groups is 1. The van der Waals surface area contributed by atoms with Crippen molar-refractivity contribution in [1.82, 2.24) is 15.2 Å². The van der Waals surface area contributed by atoms with Crippen molar-refractivity contribution in [3.05, 3.63) is 42.1 Å². The SMILES string of the molecule is CC[C@]1(O)CCN(c2nnc(-c3ccc(C(F)(F)F)cc3O)c3cccnc23)C1. The zero-order valence-corrected chi connectivity index (χ0v) is 15.6. The molecule has 0 spiro atoms. The minimum absolute atomic E-state index is 0.140. The Bertz CT molecular complexity index is 1070. The Balaban J connectivity index is 1.81. The van der Waals surface area contributed by atoms with Crippen LogP contribution in [0, 0.1) is 0 Å². The number of aromatic hydroxyl groups is 1. The van der Waals surface area contributed by atoms with Crippen LogP contribution in [0.25, 0.3) is 22.2 Å². The number of aromatic nitrogens is 3. The molecule has 1 saturated heterocycles. The molecule has 1 fully saturated rings. The predicted molar refractivity (Wildman–Crippen MR) is 102 cm³/mol. The van der Waals surface area contributed by atoms with Gasteiger partial charge in [0.2, 0.25) is 0 Å². The number of benzene rings is 1. The fourth-order valence-corrected chi connectivity index (χ4v) is 3.62. The summed E-state index contributed by atoms with van der Waals surface area (Å²) in [5.74, 6) is -0.0336. The number of phenols is 1. The number of halogens is 3. The molecular formula is C20H19F3N4O2. The van der Waals surface area contributed by atoms with E-state index in [4.69, 9.17) is 0 Å². The van der Waals surface area contributed by atoms with Gasteiger partial charge in [0, 0.05) is 30.2 Å². The van der Waals surface area contributed by atoms with Gasteiger partial charge in [-0.25, -0.2) is 0 Å². The highest BCUT2D eigenvalue weighted by atomic mass is 19.4. The van der Waals surface area contributed by atoms with Gasteiger partial charge in [0.15, 0.2) is 5.82 Å². The number of nitrogens with zero attached hydrogens (tertiary/aromatic N) is 4. The first-order valence-electron chi connectivity index (χ1n) is 9.21. The Morgan fingerprint density at radius 3 is 2.66 bits per heavy atom. The Hall–Kier alpha value is -2.94. The molecule has 0 bridgehead atoms. The molecule has 3 aromatic rings. The van der Waals surface area contributed by atoms with Crippen LogP contribution in [-0.4, -0.2) is 44.1 Å². The zero-order valence-electron chi connectivity index (χ0n) is 15.6. The average Bonchev–Trinajstić information content (AvgIpc) is 3.09. The van der Waals surface area contributed by atoms with Crippen LogP contribution >= 0.6 is 0 Å². The Kier molecular flexibility index (Phi) is 4.57. The maximum Gasteiger partial charge on any atom is 0.416 e. The summed E-state index contributed by atoms with van der Waals surface area (Å²) >= 11 is 0. The first-order chi connectivity index (χ1) is 13.7. The first-order valence-corrected chi connectivity index (χ1v) is 9.21. The minimum Gasteiger partial charge on any atom is -0.507 e. The van der Waals surface area contributed by atoms with Crippen molar-refractivity contribution < 1.29 is 23.4 Å². The van der Waals surface area contributed by atoms with Crippen LogP contribution in [0.5, 0.6) is 5.75 Å². The van der Waals surface area contributed by atoms with Gasteiger partial charge in [-0.05, 0) is 43.2 Å². The highest BCUT2D eigenvalue weighted by Crippen LogP contribution is 2.39. The maximum atomic E-state index is 12.9. The van der Waals surface area contributed by atoms with Gasteiger partial charge in [0.25, 0.3) is 0 Å². The fraction of sp³-hybridized carbons (Fsp3) is 0.350. The van der Waals surface area contributed by atoms with E-state index in [2.05, 4.69) is 15.2 Å². The van der Waals surface area contributed by atoms with Crippen LogP contribution < -0.4 is 4.90 Å². The topological polar surface area (TPSA) is 82.4 Å². The van der Waals surface area contributed by atoms with Crippen molar-refractivity contribution >= 4 is 16.7 Å². The summed E-state index contributed by atoms with van der Waals surface area (Å²) in [7, 11) is 0. The van der Waals surface area contributed by atoms with Gasteiger partial charge < -0.3 is 15.1 Å². The zero-order chi connectivity index (χ0) is 20.8. The Labute approximate surface area is 164 Å². The van der Waals surface area contributed by atoms with Crippen LogP contribution in [0.1, 0.15) is 25.3 Å². The summed E-state index contributed by atoms with van der Waals surface area (Å²) in [6, 6.07) is 6.17. The largest absolute Gasteiger partial charge is 0.507 e. The van der Waals surface area contributed by atoms with E-state index < -0.39 is 23.1 Å². The lowest BCUT2D eigenvalue weighted by Crippen LogP contribution is -2.32. The standard InChI is InChI=1S/C20H19F3N4O2/c1-2-19(29)7-9-27(11-19)18-17-14(4-3-8-24-17)16(25-26-18)13-6-5-12(10-15(13)28)20(21,22)23/h3-6,8,10,28-29H,2,7,9,11H2,1H3/t19-/m0/s1. The molecule has 29 heavy (non-hydrogen) atoms. The third kappa shape index (κ3) is 3.46. The molecule has 2 N–H and O–H groups in total. The summed E-state index contributed by atoms with van der Waals surface area (Å²) in [6.45, 7) is 2.91.